The fourth-order valence-electron chi connectivity index (χ4n) is 4.98. The molecule has 54 heavy (non-hydrogen) atoms. The van der Waals surface area contributed by atoms with Crippen molar-refractivity contribution >= 4 is 19.8 Å². The number of likely N-dealkylation sites (N-methyl/N-ethyl adjacent to an activating group) is 1. The molecule has 0 heterocycles. The van der Waals surface area contributed by atoms with Crippen molar-refractivity contribution in [1.82, 2.24) is 0 Å². The largest absolute Gasteiger partial charge is 0.756 e. The van der Waals surface area contributed by atoms with Crippen LogP contribution in [0.25, 0.3) is 0 Å². The van der Waals surface area contributed by atoms with Crippen LogP contribution in [0.2, 0.25) is 0 Å². The number of carbonyl (C=O) groups excluding carboxylic acids is 2. The van der Waals surface area contributed by atoms with Gasteiger partial charge < -0.3 is 27.9 Å². The molecule has 0 spiro atoms. The van der Waals surface area contributed by atoms with E-state index in [1.54, 1.807) is 0 Å². The van der Waals surface area contributed by atoms with Gasteiger partial charge in [-0.1, -0.05) is 125 Å². The molecule has 0 aliphatic carbocycles. The van der Waals surface area contributed by atoms with Crippen molar-refractivity contribution in [2.75, 3.05) is 47.5 Å². The minimum Gasteiger partial charge on any atom is -0.756 e. The van der Waals surface area contributed by atoms with Crippen LogP contribution in [0.15, 0.2) is 72.9 Å². The van der Waals surface area contributed by atoms with E-state index >= 15 is 0 Å². The molecule has 0 N–H and O–H groups in total. The fraction of sp³-hybridized carbons (Fsp3) is 0.682. The molecule has 0 aromatic heterocycles. The Hall–Kier alpha value is -2.55. The first kappa shape index (κ1) is 51.5. The molecule has 9 nitrogen and oxygen atoms in total. The number of esters is 2. The van der Waals surface area contributed by atoms with Gasteiger partial charge in [0.05, 0.1) is 27.7 Å². The number of unbranched alkanes of at least 4 members (excludes halogenated alkanes) is 10. The molecule has 0 bridgehead atoms. The first-order valence-electron chi connectivity index (χ1n) is 20.6. The molecule has 0 fully saturated rings. The van der Waals surface area contributed by atoms with Gasteiger partial charge in [-0.3, -0.25) is 14.2 Å². The number of carbonyl (C=O) groups is 2. The molecular formula is C44H76NO8P. The predicted molar refractivity (Wildman–Crippen MR) is 222 cm³/mol. The summed E-state index contributed by atoms with van der Waals surface area (Å²) in [5.41, 5.74) is 0. The fourth-order valence-corrected chi connectivity index (χ4v) is 5.71. The van der Waals surface area contributed by atoms with Crippen molar-refractivity contribution in [3.8, 4) is 0 Å². The van der Waals surface area contributed by atoms with Crippen LogP contribution >= 0.6 is 7.82 Å². The van der Waals surface area contributed by atoms with E-state index in [1.165, 1.54) is 25.7 Å². The highest BCUT2D eigenvalue weighted by Gasteiger charge is 2.21. The smallest absolute Gasteiger partial charge is 0.306 e. The lowest BCUT2D eigenvalue weighted by Gasteiger charge is -2.28. The molecule has 0 rings (SSSR count). The second kappa shape index (κ2) is 36.1. The number of quaternary nitrogens is 1. The number of rotatable bonds is 36. The van der Waals surface area contributed by atoms with Gasteiger partial charge in [-0.15, -0.1) is 0 Å². The van der Waals surface area contributed by atoms with Gasteiger partial charge in [-0.25, -0.2) is 0 Å². The van der Waals surface area contributed by atoms with Crippen LogP contribution in [0.4, 0.5) is 0 Å². The number of ether oxygens (including phenoxy) is 2. The predicted octanol–water partition coefficient (Wildman–Crippen LogP) is 10.8. The summed E-state index contributed by atoms with van der Waals surface area (Å²) in [7, 11) is 1.12. The van der Waals surface area contributed by atoms with Crippen molar-refractivity contribution < 1.29 is 42.1 Å². The molecule has 10 heteroatoms. The van der Waals surface area contributed by atoms with Crippen molar-refractivity contribution in [2.45, 2.75) is 148 Å². The summed E-state index contributed by atoms with van der Waals surface area (Å²) in [6, 6.07) is 0. The first-order chi connectivity index (χ1) is 26.0. The maximum atomic E-state index is 12.6. The zero-order valence-corrected chi connectivity index (χ0v) is 35.5. The summed E-state index contributed by atoms with van der Waals surface area (Å²) in [5.74, 6) is -0.921. The van der Waals surface area contributed by atoms with E-state index in [2.05, 4.69) is 80.7 Å². The third-order valence-corrected chi connectivity index (χ3v) is 9.17. The zero-order chi connectivity index (χ0) is 40.0. The van der Waals surface area contributed by atoms with E-state index in [-0.39, 0.29) is 26.1 Å². The second-order valence-electron chi connectivity index (χ2n) is 14.6. The van der Waals surface area contributed by atoms with E-state index in [9.17, 15) is 19.0 Å². The molecule has 0 aromatic rings. The van der Waals surface area contributed by atoms with Gasteiger partial charge in [-0.05, 0) is 77.0 Å². The van der Waals surface area contributed by atoms with Gasteiger partial charge >= 0.3 is 11.9 Å². The van der Waals surface area contributed by atoms with Gasteiger partial charge in [0.1, 0.15) is 19.8 Å². The van der Waals surface area contributed by atoms with Crippen molar-refractivity contribution in [1.29, 1.82) is 0 Å². The Kier molecular flexibility index (Phi) is 34.4. The molecule has 0 saturated carbocycles. The summed E-state index contributed by atoms with van der Waals surface area (Å²) in [4.78, 5) is 37.4. The lowest BCUT2D eigenvalue weighted by atomic mass is 10.1. The lowest BCUT2D eigenvalue weighted by Crippen LogP contribution is -2.37. The Morgan fingerprint density at radius 3 is 1.65 bits per heavy atom. The molecule has 2 atom stereocenters. The third-order valence-electron chi connectivity index (χ3n) is 8.21. The summed E-state index contributed by atoms with van der Waals surface area (Å²) in [6.45, 7) is 3.99. The minimum absolute atomic E-state index is 0.0447. The molecule has 0 saturated heterocycles. The molecule has 1 unspecified atom stereocenters. The van der Waals surface area contributed by atoms with Crippen molar-refractivity contribution in [3.63, 3.8) is 0 Å². The topological polar surface area (TPSA) is 111 Å². The summed E-state index contributed by atoms with van der Waals surface area (Å²) in [5, 5.41) is 0. The Morgan fingerprint density at radius 1 is 0.593 bits per heavy atom. The quantitative estimate of drug-likeness (QED) is 0.0203. The van der Waals surface area contributed by atoms with Crippen LogP contribution in [-0.2, 0) is 32.7 Å². The first-order valence-corrected chi connectivity index (χ1v) is 22.1. The highest BCUT2D eigenvalue weighted by atomic mass is 31.2. The SMILES string of the molecule is CC/C=C/C/C=C/C/C=C/C/C=C/C/C=C/CCCC(=O)OC[C@H](COP(=O)([O-])OCC[N+](C)(C)C)OC(=O)CCCCCCC/C=C/CCCCCC. The monoisotopic (exact) mass is 778 g/mol. The molecule has 0 aliphatic heterocycles. The average molecular weight is 778 g/mol. The van der Waals surface area contributed by atoms with E-state index in [1.807, 2.05) is 27.2 Å². The van der Waals surface area contributed by atoms with Crippen LogP contribution in [0.3, 0.4) is 0 Å². The molecule has 310 valence electrons. The number of phosphoric ester groups is 1. The van der Waals surface area contributed by atoms with Gasteiger partial charge in [0.25, 0.3) is 7.82 Å². The van der Waals surface area contributed by atoms with Gasteiger partial charge in [0.15, 0.2) is 6.10 Å². The molecule has 0 aromatic carbocycles. The number of hydrogen-bond donors (Lipinski definition) is 0. The molecule has 0 radical (unpaired) electrons. The normalized spacial score (nSPS) is 14.4. The summed E-state index contributed by atoms with van der Waals surface area (Å²) < 4.78 is 33.7. The highest BCUT2D eigenvalue weighted by molar-refractivity contribution is 7.45. The Labute approximate surface area is 329 Å². The van der Waals surface area contributed by atoms with Crippen LogP contribution in [-0.4, -0.2) is 70.0 Å². The molecule has 0 aliphatic rings. The van der Waals surface area contributed by atoms with Crippen LogP contribution in [0.5, 0.6) is 0 Å². The van der Waals surface area contributed by atoms with E-state index in [0.717, 1.165) is 77.0 Å². The van der Waals surface area contributed by atoms with Crippen LogP contribution in [0, 0.1) is 0 Å². The van der Waals surface area contributed by atoms with E-state index in [0.29, 0.717) is 23.9 Å². The zero-order valence-electron chi connectivity index (χ0n) is 34.6. The van der Waals surface area contributed by atoms with Crippen LogP contribution < -0.4 is 4.89 Å². The summed E-state index contributed by atoms with van der Waals surface area (Å²) >= 11 is 0. The lowest BCUT2D eigenvalue weighted by molar-refractivity contribution is -0.870. The number of phosphoric acid groups is 1. The third kappa shape index (κ3) is 39.2. The van der Waals surface area contributed by atoms with Gasteiger partial charge in [0.2, 0.25) is 0 Å². The Bertz CT molecular complexity index is 1150. The van der Waals surface area contributed by atoms with Crippen molar-refractivity contribution in [3.05, 3.63) is 72.9 Å². The highest BCUT2D eigenvalue weighted by Crippen LogP contribution is 2.38. The number of allylic oxidation sites excluding steroid dienone is 12. The Morgan fingerprint density at radius 2 is 1.07 bits per heavy atom. The standard InChI is InChI=1S/C44H76NO8P/c1-6-8-10-12-14-16-18-20-21-22-23-25-26-28-30-32-34-36-43(46)50-40-42(41-52-54(48,49)51-39-38-45(3,4)5)53-44(47)37-35-33-31-29-27-24-19-17-15-13-11-9-7-2/h8,10,14,16-17,19-21,23,25,28,30,42H,6-7,9,11-13,15,18,22,24,26-27,29,31-41H2,1-5H3/b10-8+,16-14+,19-17+,21-20+,25-23+,30-28+/t42-/m1/s1. The van der Waals surface area contributed by atoms with Crippen molar-refractivity contribution in [2.24, 2.45) is 0 Å². The number of hydrogen-bond acceptors (Lipinski definition) is 8. The van der Waals surface area contributed by atoms with Crippen LogP contribution in [0.1, 0.15) is 142 Å². The van der Waals surface area contributed by atoms with E-state index in [4.69, 9.17) is 18.5 Å². The molecule has 0 amide bonds. The minimum atomic E-state index is -4.64. The second-order valence-corrected chi connectivity index (χ2v) is 16.0. The Balaban J connectivity index is 4.52. The summed E-state index contributed by atoms with van der Waals surface area (Å²) in [6.07, 6.45) is 43.6. The average Bonchev–Trinajstić information content (AvgIpc) is 3.12. The van der Waals surface area contributed by atoms with E-state index < -0.39 is 32.5 Å². The number of nitrogens with zero attached hydrogens (tertiary/aromatic N) is 1. The molecular weight excluding hydrogens is 701 g/mol. The maximum absolute atomic E-state index is 12.6. The van der Waals surface area contributed by atoms with Gasteiger partial charge in [-0.2, -0.15) is 0 Å². The maximum Gasteiger partial charge on any atom is 0.306 e. The van der Waals surface area contributed by atoms with Gasteiger partial charge in [0, 0.05) is 12.8 Å².